The highest BCUT2D eigenvalue weighted by molar-refractivity contribution is 6.03. The minimum atomic E-state index is 0.137. The Morgan fingerprint density at radius 3 is 2.76 bits per heavy atom. The van der Waals surface area contributed by atoms with E-state index in [4.69, 9.17) is 10.1 Å². The van der Waals surface area contributed by atoms with Crippen LogP contribution in [-0.4, -0.2) is 25.5 Å². The number of ketones is 1. The summed E-state index contributed by atoms with van der Waals surface area (Å²) >= 11 is 0. The van der Waals surface area contributed by atoms with E-state index in [0.717, 1.165) is 35.3 Å². The van der Waals surface area contributed by atoms with Gasteiger partial charge in [-0.3, -0.25) is 4.79 Å². The summed E-state index contributed by atoms with van der Waals surface area (Å²) in [6.07, 6.45) is 2.24. The summed E-state index contributed by atoms with van der Waals surface area (Å²) in [6.45, 7) is 4.23. The molecule has 0 saturated carbocycles. The molecular formula is C23H23N5O. The number of benzene rings is 2. The van der Waals surface area contributed by atoms with E-state index < -0.39 is 0 Å². The molecule has 4 aromatic rings. The highest BCUT2D eigenvalue weighted by Crippen LogP contribution is 2.34. The molecule has 2 aromatic heterocycles. The average molecular weight is 385 g/mol. The third-order valence-electron chi connectivity index (χ3n) is 5.56. The molecule has 0 bridgehead atoms. The van der Waals surface area contributed by atoms with E-state index in [1.54, 1.807) is 4.68 Å². The van der Waals surface area contributed by atoms with Crippen LogP contribution in [0.15, 0.2) is 48.5 Å². The van der Waals surface area contributed by atoms with Crippen molar-refractivity contribution < 1.29 is 4.79 Å². The number of para-hydroxylation sites is 3. The third-order valence-corrected chi connectivity index (χ3v) is 5.56. The molecule has 1 unspecified atom stereocenters. The maximum absolute atomic E-state index is 13.0. The van der Waals surface area contributed by atoms with Crippen molar-refractivity contribution in [3.63, 3.8) is 0 Å². The molecule has 1 atom stereocenters. The minimum absolute atomic E-state index is 0.137. The van der Waals surface area contributed by atoms with Gasteiger partial charge in [-0.2, -0.15) is 0 Å². The van der Waals surface area contributed by atoms with Gasteiger partial charge in [0.1, 0.15) is 0 Å². The Balaban J connectivity index is 1.66. The van der Waals surface area contributed by atoms with Crippen LogP contribution in [0, 0.1) is 5.92 Å². The molecule has 5 rings (SSSR count). The number of carbonyl (C=O) groups is 1. The SMILES string of the molecule is CCc1ccccc1Nc1nn(-c2nc3ccccc3[nH]2)c2c1C(=O)CC(C)C2. The van der Waals surface area contributed by atoms with Gasteiger partial charge in [-0.15, -0.1) is 5.10 Å². The Kier molecular flexibility index (Phi) is 4.19. The minimum Gasteiger partial charge on any atom is -0.338 e. The maximum atomic E-state index is 13.0. The van der Waals surface area contributed by atoms with Gasteiger partial charge < -0.3 is 10.3 Å². The molecule has 1 aliphatic rings. The van der Waals surface area contributed by atoms with E-state index in [2.05, 4.69) is 30.2 Å². The van der Waals surface area contributed by atoms with Crippen molar-refractivity contribution in [3.05, 3.63) is 65.4 Å². The Morgan fingerprint density at radius 1 is 1.14 bits per heavy atom. The van der Waals surface area contributed by atoms with Gasteiger partial charge in [0.2, 0.25) is 5.95 Å². The number of aromatic nitrogens is 4. The number of hydrogen-bond donors (Lipinski definition) is 2. The normalized spacial score (nSPS) is 16.2. The van der Waals surface area contributed by atoms with Crippen LogP contribution in [0.4, 0.5) is 11.5 Å². The van der Waals surface area contributed by atoms with E-state index in [9.17, 15) is 4.79 Å². The molecule has 6 nitrogen and oxygen atoms in total. The average Bonchev–Trinajstić information content (AvgIpc) is 3.30. The van der Waals surface area contributed by atoms with Gasteiger partial charge in [-0.25, -0.2) is 9.67 Å². The fourth-order valence-corrected chi connectivity index (χ4v) is 4.14. The number of rotatable bonds is 4. The molecular weight excluding hydrogens is 362 g/mol. The van der Waals surface area contributed by atoms with Crippen LogP contribution >= 0.6 is 0 Å². The molecule has 0 aliphatic heterocycles. The molecule has 0 spiro atoms. The standard InChI is InChI=1S/C23H23N5O/c1-3-15-8-4-5-9-16(15)24-22-21-19(12-14(2)13-20(21)29)28(27-22)23-25-17-10-6-7-11-18(17)26-23/h4-11,14H,3,12-13H2,1-2H3,(H,24,27)(H,25,26). The molecule has 2 N–H and O–H groups in total. The van der Waals surface area contributed by atoms with Crippen molar-refractivity contribution >= 4 is 28.3 Å². The lowest BCUT2D eigenvalue weighted by Gasteiger charge is -2.18. The predicted octanol–water partition coefficient (Wildman–Crippen LogP) is 4.82. The van der Waals surface area contributed by atoms with Crippen molar-refractivity contribution in [2.45, 2.75) is 33.1 Å². The molecule has 29 heavy (non-hydrogen) atoms. The second kappa shape index (κ2) is 6.88. The second-order valence-electron chi connectivity index (χ2n) is 7.73. The second-order valence-corrected chi connectivity index (χ2v) is 7.73. The van der Waals surface area contributed by atoms with Gasteiger partial charge >= 0.3 is 0 Å². The Bertz CT molecular complexity index is 1190. The first-order chi connectivity index (χ1) is 14.1. The predicted molar refractivity (Wildman–Crippen MR) is 114 cm³/mol. The lowest BCUT2D eigenvalue weighted by atomic mass is 9.88. The summed E-state index contributed by atoms with van der Waals surface area (Å²) in [5, 5.41) is 8.23. The zero-order chi connectivity index (χ0) is 20.0. The number of Topliss-reactive ketones (excluding diaryl/α,β-unsaturated/α-hetero) is 1. The van der Waals surface area contributed by atoms with Crippen LogP contribution in [0.1, 0.15) is 41.9 Å². The van der Waals surface area contributed by atoms with Crippen LogP contribution in [-0.2, 0) is 12.8 Å². The number of aryl methyl sites for hydroxylation is 1. The number of nitrogens with one attached hydrogen (secondary N) is 2. The number of fused-ring (bicyclic) bond motifs is 2. The zero-order valence-corrected chi connectivity index (χ0v) is 16.6. The van der Waals surface area contributed by atoms with Crippen molar-refractivity contribution in [1.29, 1.82) is 0 Å². The molecule has 2 heterocycles. The fourth-order valence-electron chi connectivity index (χ4n) is 4.14. The van der Waals surface area contributed by atoms with Gasteiger partial charge in [0, 0.05) is 12.1 Å². The largest absolute Gasteiger partial charge is 0.338 e. The summed E-state index contributed by atoms with van der Waals surface area (Å²) in [5.41, 5.74) is 5.62. The summed E-state index contributed by atoms with van der Waals surface area (Å²) in [5.74, 6) is 1.67. The summed E-state index contributed by atoms with van der Waals surface area (Å²) < 4.78 is 1.81. The van der Waals surface area contributed by atoms with Crippen LogP contribution < -0.4 is 5.32 Å². The first-order valence-electron chi connectivity index (χ1n) is 10.1. The first-order valence-corrected chi connectivity index (χ1v) is 10.1. The molecule has 0 radical (unpaired) electrons. The zero-order valence-electron chi connectivity index (χ0n) is 16.6. The number of imidazole rings is 1. The van der Waals surface area contributed by atoms with Gasteiger partial charge in [-0.1, -0.05) is 44.2 Å². The molecule has 6 heteroatoms. The number of carbonyl (C=O) groups excluding carboxylic acids is 1. The molecule has 0 saturated heterocycles. The van der Waals surface area contributed by atoms with Crippen LogP contribution in [0.2, 0.25) is 0 Å². The monoisotopic (exact) mass is 385 g/mol. The number of anilines is 2. The highest BCUT2D eigenvalue weighted by Gasteiger charge is 2.32. The van der Waals surface area contributed by atoms with Crippen LogP contribution in [0.25, 0.3) is 17.0 Å². The van der Waals surface area contributed by atoms with E-state index in [-0.39, 0.29) is 11.7 Å². The summed E-state index contributed by atoms with van der Waals surface area (Å²) in [6, 6.07) is 16.0. The number of hydrogen-bond acceptors (Lipinski definition) is 4. The Hall–Kier alpha value is -3.41. The Labute approximate surface area is 169 Å². The highest BCUT2D eigenvalue weighted by atomic mass is 16.1. The maximum Gasteiger partial charge on any atom is 0.229 e. The van der Waals surface area contributed by atoms with Gasteiger partial charge in [0.15, 0.2) is 11.6 Å². The summed E-state index contributed by atoms with van der Waals surface area (Å²) in [4.78, 5) is 21.0. The van der Waals surface area contributed by atoms with E-state index in [0.29, 0.717) is 23.8 Å². The van der Waals surface area contributed by atoms with Crippen molar-refractivity contribution in [3.8, 4) is 5.95 Å². The molecule has 1 aliphatic carbocycles. The fraction of sp³-hybridized carbons (Fsp3) is 0.261. The topological polar surface area (TPSA) is 75.6 Å². The number of H-pyrrole nitrogens is 1. The van der Waals surface area contributed by atoms with Gasteiger partial charge in [0.05, 0.1) is 22.3 Å². The van der Waals surface area contributed by atoms with Crippen molar-refractivity contribution in [1.82, 2.24) is 19.7 Å². The number of nitrogens with zero attached hydrogens (tertiary/aromatic N) is 3. The van der Waals surface area contributed by atoms with Crippen molar-refractivity contribution in [2.75, 3.05) is 5.32 Å². The van der Waals surface area contributed by atoms with Gasteiger partial charge in [0.25, 0.3) is 0 Å². The molecule has 146 valence electrons. The molecule has 0 fully saturated rings. The summed E-state index contributed by atoms with van der Waals surface area (Å²) in [7, 11) is 0. The smallest absolute Gasteiger partial charge is 0.229 e. The molecule has 2 aromatic carbocycles. The number of aromatic amines is 1. The lowest BCUT2D eigenvalue weighted by molar-refractivity contribution is 0.0953. The first kappa shape index (κ1) is 17.7. The van der Waals surface area contributed by atoms with E-state index in [1.807, 2.05) is 42.5 Å². The molecule has 0 amide bonds. The third kappa shape index (κ3) is 3.01. The van der Waals surface area contributed by atoms with E-state index >= 15 is 0 Å². The quantitative estimate of drug-likeness (QED) is 0.528. The lowest BCUT2D eigenvalue weighted by Crippen LogP contribution is -2.20. The van der Waals surface area contributed by atoms with Crippen molar-refractivity contribution in [2.24, 2.45) is 5.92 Å². The van der Waals surface area contributed by atoms with Gasteiger partial charge in [-0.05, 0) is 42.5 Å². The Morgan fingerprint density at radius 2 is 1.93 bits per heavy atom. The van der Waals surface area contributed by atoms with E-state index in [1.165, 1.54) is 5.56 Å². The van der Waals surface area contributed by atoms with Crippen LogP contribution in [0.3, 0.4) is 0 Å². The van der Waals surface area contributed by atoms with Crippen LogP contribution in [0.5, 0.6) is 0 Å².